The summed E-state index contributed by atoms with van der Waals surface area (Å²) in [5.41, 5.74) is 4.46. The van der Waals surface area contributed by atoms with Crippen molar-refractivity contribution < 1.29 is 5.11 Å². The van der Waals surface area contributed by atoms with Gasteiger partial charge in [0.25, 0.3) is 0 Å². The molecule has 0 saturated heterocycles. The van der Waals surface area contributed by atoms with Crippen molar-refractivity contribution in [2.24, 2.45) is 0 Å². The van der Waals surface area contributed by atoms with Gasteiger partial charge in [0, 0.05) is 4.47 Å². The predicted octanol–water partition coefficient (Wildman–Crippen LogP) is 5.49. The maximum Gasteiger partial charge on any atom is 0.116 e. The maximum atomic E-state index is 9.54. The molecular formula is C18H13BrO. The Morgan fingerprint density at radius 1 is 0.650 bits per heavy atom. The number of hydrogen-bond donors (Lipinski definition) is 1. The minimum Gasteiger partial charge on any atom is -0.508 e. The van der Waals surface area contributed by atoms with E-state index in [1.165, 1.54) is 11.1 Å². The van der Waals surface area contributed by atoms with Crippen LogP contribution in [0.3, 0.4) is 0 Å². The Bertz CT molecular complexity index is 732. The van der Waals surface area contributed by atoms with Gasteiger partial charge < -0.3 is 5.11 Å². The van der Waals surface area contributed by atoms with E-state index in [4.69, 9.17) is 0 Å². The van der Waals surface area contributed by atoms with Gasteiger partial charge in [0.05, 0.1) is 0 Å². The van der Waals surface area contributed by atoms with Crippen LogP contribution in [-0.2, 0) is 0 Å². The summed E-state index contributed by atoms with van der Waals surface area (Å²) >= 11 is 3.57. The lowest BCUT2D eigenvalue weighted by molar-refractivity contribution is 0.475. The molecule has 2 heteroatoms. The van der Waals surface area contributed by atoms with E-state index in [-0.39, 0.29) is 5.75 Å². The van der Waals surface area contributed by atoms with Crippen molar-refractivity contribution in [3.63, 3.8) is 0 Å². The molecule has 0 amide bonds. The molecule has 98 valence electrons. The Balaban J connectivity index is 1.98. The van der Waals surface area contributed by atoms with Gasteiger partial charge >= 0.3 is 0 Å². The Kier molecular flexibility index (Phi) is 3.57. The first-order valence-corrected chi connectivity index (χ1v) is 7.18. The first-order chi connectivity index (χ1) is 9.74. The SMILES string of the molecule is Oc1cccc(-c2ccc(-c3ccccc3Br)cc2)c1. The van der Waals surface area contributed by atoms with Crippen LogP contribution in [0, 0.1) is 0 Å². The van der Waals surface area contributed by atoms with E-state index in [1.807, 2.05) is 30.3 Å². The monoisotopic (exact) mass is 324 g/mol. The number of aromatic hydroxyl groups is 1. The predicted molar refractivity (Wildman–Crippen MR) is 86.7 cm³/mol. The minimum atomic E-state index is 0.289. The van der Waals surface area contributed by atoms with Gasteiger partial charge in [-0.05, 0) is 40.5 Å². The molecule has 0 aliphatic heterocycles. The molecule has 20 heavy (non-hydrogen) atoms. The smallest absolute Gasteiger partial charge is 0.116 e. The van der Waals surface area contributed by atoms with Gasteiger partial charge in [0.1, 0.15) is 5.75 Å². The number of benzene rings is 3. The fourth-order valence-corrected chi connectivity index (χ4v) is 2.74. The normalized spacial score (nSPS) is 10.4. The van der Waals surface area contributed by atoms with Gasteiger partial charge in [0.15, 0.2) is 0 Å². The van der Waals surface area contributed by atoms with Gasteiger partial charge in [-0.25, -0.2) is 0 Å². The fraction of sp³-hybridized carbons (Fsp3) is 0. The molecule has 1 N–H and O–H groups in total. The summed E-state index contributed by atoms with van der Waals surface area (Å²) in [7, 11) is 0. The highest BCUT2D eigenvalue weighted by Gasteiger charge is 2.03. The Morgan fingerprint density at radius 2 is 1.35 bits per heavy atom. The van der Waals surface area contributed by atoms with Crippen LogP contribution in [0.4, 0.5) is 0 Å². The minimum absolute atomic E-state index is 0.289. The molecule has 0 aromatic heterocycles. The highest BCUT2D eigenvalue weighted by atomic mass is 79.9. The lowest BCUT2D eigenvalue weighted by Gasteiger charge is -2.07. The lowest BCUT2D eigenvalue weighted by atomic mass is 10.0. The van der Waals surface area contributed by atoms with E-state index in [1.54, 1.807) is 12.1 Å². The van der Waals surface area contributed by atoms with Crippen LogP contribution in [0.15, 0.2) is 77.3 Å². The molecule has 0 heterocycles. The topological polar surface area (TPSA) is 20.2 Å². The average Bonchev–Trinajstić information content (AvgIpc) is 2.48. The Hall–Kier alpha value is -2.06. The molecule has 0 fully saturated rings. The molecule has 0 bridgehead atoms. The zero-order valence-electron chi connectivity index (χ0n) is 10.8. The van der Waals surface area contributed by atoms with Gasteiger partial charge in [0.2, 0.25) is 0 Å². The zero-order valence-corrected chi connectivity index (χ0v) is 12.3. The third-order valence-corrected chi connectivity index (χ3v) is 3.94. The van der Waals surface area contributed by atoms with Gasteiger partial charge in [-0.15, -0.1) is 0 Å². The summed E-state index contributed by atoms with van der Waals surface area (Å²) < 4.78 is 1.09. The van der Waals surface area contributed by atoms with E-state index < -0.39 is 0 Å². The molecule has 0 saturated carbocycles. The van der Waals surface area contributed by atoms with Crippen LogP contribution in [0.2, 0.25) is 0 Å². The number of phenolic OH excluding ortho intramolecular Hbond substituents is 1. The maximum absolute atomic E-state index is 9.54. The number of phenols is 1. The van der Waals surface area contributed by atoms with Crippen molar-refractivity contribution in [2.45, 2.75) is 0 Å². The van der Waals surface area contributed by atoms with Crippen LogP contribution in [0.1, 0.15) is 0 Å². The van der Waals surface area contributed by atoms with Crippen molar-refractivity contribution in [2.75, 3.05) is 0 Å². The molecule has 0 aliphatic carbocycles. The average molecular weight is 325 g/mol. The van der Waals surface area contributed by atoms with Crippen molar-refractivity contribution in [1.29, 1.82) is 0 Å². The Labute approximate surface area is 126 Å². The van der Waals surface area contributed by atoms with Crippen LogP contribution >= 0.6 is 15.9 Å². The summed E-state index contributed by atoms with van der Waals surface area (Å²) in [6.45, 7) is 0. The third-order valence-electron chi connectivity index (χ3n) is 3.25. The first-order valence-electron chi connectivity index (χ1n) is 6.38. The van der Waals surface area contributed by atoms with Crippen LogP contribution in [0.25, 0.3) is 22.3 Å². The Morgan fingerprint density at radius 3 is 2.05 bits per heavy atom. The molecule has 3 rings (SSSR count). The van der Waals surface area contributed by atoms with Crippen LogP contribution in [-0.4, -0.2) is 5.11 Å². The van der Waals surface area contributed by atoms with E-state index in [0.29, 0.717) is 0 Å². The highest BCUT2D eigenvalue weighted by Crippen LogP contribution is 2.30. The summed E-state index contributed by atoms with van der Waals surface area (Å²) in [5.74, 6) is 0.289. The molecule has 3 aromatic carbocycles. The van der Waals surface area contributed by atoms with E-state index in [0.717, 1.165) is 15.6 Å². The fourth-order valence-electron chi connectivity index (χ4n) is 2.22. The van der Waals surface area contributed by atoms with E-state index in [2.05, 4.69) is 46.3 Å². The number of halogens is 1. The second-order valence-electron chi connectivity index (χ2n) is 4.61. The first kappa shape index (κ1) is 12.9. The third kappa shape index (κ3) is 2.61. The van der Waals surface area contributed by atoms with Gasteiger partial charge in [-0.2, -0.15) is 0 Å². The van der Waals surface area contributed by atoms with E-state index in [9.17, 15) is 5.11 Å². The molecule has 3 aromatic rings. The van der Waals surface area contributed by atoms with E-state index >= 15 is 0 Å². The van der Waals surface area contributed by atoms with Gasteiger partial charge in [-0.3, -0.25) is 0 Å². The van der Waals surface area contributed by atoms with Crippen molar-refractivity contribution >= 4 is 15.9 Å². The van der Waals surface area contributed by atoms with Gasteiger partial charge in [-0.1, -0.05) is 70.5 Å². The number of hydrogen-bond acceptors (Lipinski definition) is 1. The summed E-state index contributed by atoms with van der Waals surface area (Å²) in [6, 6.07) is 23.8. The quantitative estimate of drug-likeness (QED) is 0.661. The van der Waals surface area contributed by atoms with Crippen LogP contribution < -0.4 is 0 Å². The molecule has 0 radical (unpaired) electrons. The molecule has 1 nitrogen and oxygen atoms in total. The largest absolute Gasteiger partial charge is 0.508 e. The lowest BCUT2D eigenvalue weighted by Crippen LogP contribution is -1.81. The molecule has 0 unspecified atom stereocenters. The highest BCUT2D eigenvalue weighted by molar-refractivity contribution is 9.10. The summed E-state index contributed by atoms with van der Waals surface area (Å²) in [4.78, 5) is 0. The number of rotatable bonds is 2. The standard InChI is InChI=1S/C18H13BrO/c19-18-7-2-1-6-17(18)14-10-8-13(9-11-14)15-4-3-5-16(20)12-15/h1-12,20H. The molecule has 0 spiro atoms. The molecule has 0 aliphatic rings. The van der Waals surface area contributed by atoms with Crippen LogP contribution in [0.5, 0.6) is 5.75 Å². The van der Waals surface area contributed by atoms with Crippen molar-refractivity contribution in [3.8, 4) is 28.0 Å². The molecular weight excluding hydrogens is 312 g/mol. The summed E-state index contributed by atoms with van der Waals surface area (Å²) in [5, 5.41) is 9.54. The summed E-state index contributed by atoms with van der Waals surface area (Å²) in [6.07, 6.45) is 0. The van der Waals surface area contributed by atoms with Crippen molar-refractivity contribution in [3.05, 3.63) is 77.3 Å². The molecule has 0 atom stereocenters. The second-order valence-corrected chi connectivity index (χ2v) is 5.46. The van der Waals surface area contributed by atoms with Crippen molar-refractivity contribution in [1.82, 2.24) is 0 Å². The second kappa shape index (κ2) is 5.51. The zero-order chi connectivity index (χ0) is 13.9.